The molecule has 3 rings (SSSR count). The summed E-state index contributed by atoms with van der Waals surface area (Å²) in [5.41, 5.74) is 1.69. The number of ether oxygens (including phenoxy) is 1. The summed E-state index contributed by atoms with van der Waals surface area (Å²) in [6.45, 7) is 1.42. The highest BCUT2D eigenvalue weighted by Gasteiger charge is 2.48. The molecule has 1 aromatic carbocycles. The number of rotatable bonds is 5. The maximum atomic E-state index is 12.8. The molecule has 1 fully saturated rings. The predicted molar refractivity (Wildman–Crippen MR) is 98.6 cm³/mol. The van der Waals surface area contributed by atoms with Crippen molar-refractivity contribution in [3.8, 4) is 0 Å². The Labute approximate surface area is 150 Å². The van der Waals surface area contributed by atoms with E-state index in [1.807, 2.05) is 18.2 Å². The van der Waals surface area contributed by atoms with Crippen molar-refractivity contribution < 1.29 is 17.9 Å². The Balaban J connectivity index is 1.92. The second-order valence-electron chi connectivity index (χ2n) is 6.19. The summed E-state index contributed by atoms with van der Waals surface area (Å²) < 4.78 is 29.4. The van der Waals surface area contributed by atoms with Crippen molar-refractivity contribution in [2.45, 2.75) is 24.2 Å². The molecule has 0 spiro atoms. The van der Waals surface area contributed by atoms with E-state index in [9.17, 15) is 13.2 Å². The van der Waals surface area contributed by atoms with Crippen molar-refractivity contribution in [3.63, 3.8) is 0 Å². The molecule has 1 aliphatic rings. The highest BCUT2D eigenvalue weighted by molar-refractivity contribution is 7.92. The lowest BCUT2D eigenvalue weighted by molar-refractivity contribution is -0.119. The van der Waals surface area contributed by atoms with E-state index in [2.05, 4.69) is 15.6 Å². The molecular formula is C16H21N3O4S2. The Morgan fingerprint density at radius 1 is 1.40 bits per heavy atom. The summed E-state index contributed by atoms with van der Waals surface area (Å²) in [4.78, 5) is 17.3. The van der Waals surface area contributed by atoms with E-state index in [4.69, 9.17) is 4.74 Å². The van der Waals surface area contributed by atoms with Crippen molar-refractivity contribution >= 4 is 42.4 Å². The summed E-state index contributed by atoms with van der Waals surface area (Å²) in [5, 5.41) is 6.25. The molecule has 0 saturated carbocycles. The van der Waals surface area contributed by atoms with Crippen LogP contribution in [0.3, 0.4) is 0 Å². The summed E-state index contributed by atoms with van der Waals surface area (Å²) in [6, 6.07) is 5.74. The Kier molecular flexibility index (Phi) is 5.10. The zero-order chi connectivity index (χ0) is 18.1. The van der Waals surface area contributed by atoms with Gasteiger partial charge in [-0.25, -0.2) is 13.4 Å². The molecule has 2 aromatic rings. The normalized spacial score (nSPS) is 17.5. The van der Waals surface area contributed by atoms with Crippen molar-refractivity contribution in [1.29, 1.82) is 0 Å². The summed E-state index contributed by atoms with van der Waals surface area (Å²) >= 11 is 1.33. The van der Waals surface area contributed by atoms with Gasteiger partial charge in [-0.15, -0.1) is 0 Å². The number of carbonyl (C=O) groups excluding carboxylic acids is 1. The number of para-hydroxylation sites is 1. The number of sulfone groups is 1. The number of hydrogen-bond donors (Lipinski definition) is 2. The molecule has 1 aliphatic heterocycles. The molecule has 0 radical (unpaired) electrons. The summed E-state index contributed by atoms with van der Waals surface area (Å²) in [6.07, 6.45) is 1.65. The van der Waals surface area contributed by atoms with Gasteiger partial charge in [-0.1, -0.05) is 23.5 Å². The molecule has 0 bridgehead atoms. The number of fused-ring (bicyclic) bond motifs is 1. The van der Waals surface area contributed by atoms with Gasteiger partial charge in [-0.2, -0.15) is 0 Å². The van der Waals surface area contributed by atoms with Crippen molar-refractivity contribution in [2.24, 2.45) is 0 Å². The van der Waals surface area contributed by atoms with Gasteiger partial charge in [0.1, 0.15) is 0 Å². The van der Waals surface area contributed by atoms with Crippen LogP contribution in [0.5, 0.6) is 0 Å². The van der Waals surface area contributed by atoms with E-state index in [1.165, 1.54) is 11.3 Å². The van der Waals surface area contributed by atoms with Crippen LogP contribution in [0.4, 0.5) is 5.13 Å². The zero-order valence-electron chi connectivity index (χ0n) is 14.2. The van der Waals surface area contributed by atoms with E-state index in [0.29, 0.717) is 24.8 Å². The fraction of sp³-hybridized carbons (Fsp3) is 0.500. The number of hydrogen-bond acceptors (Lipinski definition) is 7. The second kappa shape index (κ2) is 6.99. The third-order valence-electron chi connectivity index (χ3n) is 4.56. The third kappa shape index (κ3) is 3.41. The lowest BCUT2D eigenvalue weighted by Crippen LogP contribution is -2.55. The first-order valence-electron chi connectivity index (χ1n) is 7.96. The third-order valence-corrected chi connectivity index (χ3v) is 7.51. The number of carbonyl (C=O) groups is 1. The van der Waals surface area contributed by atoms with Gasteiger partial charge < -0.3 is 15.4 Å². The monoisotopic (exact) mass is 383 g/mol. The van der Waals surface area contributed by atoms with E-state index in [0.717, 1.165) is 22.0 Å². The minimum atomic E-state index is -3.55. The predicted octanol–water partition coefficient (Wildman–Crippen LogP) is 1.55. The molecule has 1 aromatic heterocycles. The molecule has 136 valence electrons. The van der Waals surface area contributed by atoms with Crippen LogP contribution >= 0.6 is 11.3 Å². The smallest absolute Gasteiger partial charge is 0.247 e. The van der Waals surface area contributed by atoms with Gasteiger partial charge in [0.05, 0.1) is 16.8 Å². The largest absolute Gasteiger partial charge is 0.380 e. The lowest BCUT2D eigenvalue weighted by Gasteiger charge is -2.33. The van der Waals surface area contributed by atoms with Crippen LogP contribution in [0, 0.1) is 0 Å². The molecule has 0 aliphatic carbocycles. The molecule has 25 heavy (non-hydrogen) atoms. The van der Waals surface area contributed by atoms with E-state index >= 15 is 0 Å². The molecule has 1 amide bonds. The van der Waals surface area contributed by atoms with E-state index in [1.54, 1.807) is 7.11 Å². The Morgan fingerprint density at radius 3 is 2.76 bits per heavy atom. The molecule has 0 unspecified atom stereocenters. The Morgan fingerprint density at radius 2 is 2.12 bits per heavy atom. The van der Waals surface area contributed by atoms with Crippen molar-refractivity contribution in [1.82, 2.24) is 10.3 Å². The van der Waals surface area contributed by atoms with Crippen LogP contribution in [0.15, 0.2) is 18.2 Å². The number of methoxy groups -OCH3 is 1. The number of benzene rings is 1. The first-order chi connectivity index (χ1) is 11.9. The van der Waals surface area contributed by atoms with Gasteiger partial charge >= 0.3 is 0 Å². The van der Waals surface area contributed by atoms with Crippen LogP contribution < -0.4 is 10.6 Å². The number of amides is 1. The molecular weight excluding hydrogens is 362 g/mol. The number of anilines is 1. The number of thiazole rings is 1. The summed E-state index contributed by atoms with van der Waals surface area (Å²) in [7, 11) is -1.94. The van der Waals surface area contributed by atoms with Gasteiger partial charge in [0, 0.05) is 18.9 Å². The fourth-order valence-electron chi connectivity index (χ4n) is 3.14. The van der Waals surface area contributed by atoms with E-state index < -0.39 is 20.5 Å². The first-order valence-corrected chi connectivity index (χ1v) is 10.7. The Hall–Kier alpha value is -1.55. The van der Waals surface area contributed by atoms with E-state index in [-0.39, 0.29) is 12.8 Å². The van der Waals surface area contributed by atoms with Gasteiger partial charge in [0.15, 0.2) is 19.7 Å². The molecule has 0 atom stereocenters. The first kappa shape index (κ1) is 18.2. The van der Waals surface area contributed by atoms with Crippen molar-refractivity contribution in [3.05, 3.63) is 23.8 Å². The molecule has 7 nitrogen and oxygen atoms in total. The van der Waals surface area contributed by atoms with Gasteiger partial charge in [0.25, 0.3) is 0 Å². The van der Waals surface area contributed by atoms with Crippen molar-refractivity contribution in [2.75, 3.05) is 31.8 Å². The maximum absolute atomic E-state index is 12.8. The lowest BCUT2D eigenvalue weighted by atomic mass is 9.96. The highest BCUT2D eigenvalue weighted by Crippen LogP contribution is 2.32. The molecule has 1 saturated heterocycles. The number of nitrogens with one attached hydrogen (secondary N) is 2. The topological polar surface area (TPSA) is 97.4 Å². The number of piperidine rings is 1. The van der Waals surface area contributed by atoms with Crippen LogP contribution in [0.1, 0.15) is 18.4 Å². The fourth-order valence-corrected chi connectivity index (χ4v) is 5.38. The SMILES string of the molecule is COCc1cccc2sc(NC(=O)C3(S(C)(=O)=O)CCNCC3)nc12. The minimum Gasteiger partial charge on any atom is -0.380 e. The number of nitrogens with zero attached hydrogens (tertiary/aromatic N) is 1. The molecule has 9 heteroatoms. The van der Waals surface area contributed by atoms with Gasteiger partial charge in [0.2, 0.25) is 5.91 Å². The van der Waals surface area contributed by atoms with Gasteiger partial charge in [-0.3, -0.25) is 4.79 Å². The van der Waals surface area contributed by atoms with Crippen LogP contribution in [-0.2, 0) is 26.0 Å². The standard InChI is InChI=1S/C16H21N3O4S2/c1-23-10-11-4-3-5-12-13(11)18-15(24-12)19-14(20)16(25(2,21)22)6-8-17-9-7-16/h3-5,17H,6-10H2,1-2H3,(H,18,19,20). The van der Waals surface area contributed by atoms with Gasteiger partial charge in [-0.05, 0) is 32.0 Å². The number of aromatic nitrogens is 1. The van der Waals surface area contributed by atoms with Crippen LogP contribution in [0.2, 0.25) is 0 Å². The average molecular weight is 383 g/mol. The second-order valence-corrected chi connectivity index (χ2v) is 9.54. The van der Waals surface area contributed by atoms with Crippen LogP contribution in [-0.4, -0.2) is 50.5 Å². The maximum Gasteiger partial charge on any atom is 0.247 e. The average Bonchev–Trinajstić information content (AvgIpc) is 2.98. The molecule has 2 N–H and O–H groups in total. The molecule has 2 heterocycles. The highest BCUT2D eigenvalue weighted by atomic mass is 32.2. The zero-order valence-corrected chi connectivity index (χ0v) is 15.8. The quantitative estimate of drug-likeness (QED) is 0.813. The Bertz CT molecular complexity index is 886. The summed E-state index contributed by atoms with van der Waals surface area (Å²) in [5.74, 6) is -0.496. The van der Waals surface area contributed by atoms with Crippen LogP contribution in [0.25, 0.3) is 10.2 Å². The minimum absolute atomic E-state index is 0.261.